The molecule has 7 nitrogen and oxygen atoms in total. The van der Waals surface area contributed by atoms with Gasteiger partial charge in [-0.25, -0.2) is 22.8 Å². The summed E-state index contributed by atoms with van der Waals surface area (Å²) in [6.07, 6.45) is 7.00. The van der Waals surface area contributed by atoms with Crippen molar-refractivity contribution in [3.63, 3.8) is 0 Å². The number of anilines is 1. The van der Waals surface area contributed by atoms with Crippen molar-refractivity contribution in [1.29, 1.82) is 0 Å². The van der Waals surface area contributed by atoms with Gasteiger partial charge in [0.15, 0.2) is 5.13 Å². The number of piperazine rings is 1. The van der Waals surface area contributed by atoms with Gasteiger partial charge in [0, 0.05) is 61.8 Å². The molecular weight excluding hydrogens is 473 g/mol. The smallest absolute Gasteiger partial charge is 0.185 e. The third-order valence-electron chi connectivity index (χ3n) is 6.33. The molecule has 3 aromatic rings. The Kier molecular flexibility index (Phi) is 8.00. The van der Waals surface area contributed by atoms with Crippen LogP contribution in [0.1, 0.15) is 36.0 Å². The monoisotopic (exact) mass is 505 g/mol. The number of aryl methyl sites for hydroxylation is 1. The zero-order chi connectivity index (χ0) is 24.1. The van der Waals surface area contributed by atoms with Gasteiger partial charge in [0.05, 0.1) is 17.8 Å². The van der Waals surface area contributed by atoms with Crippen molar-refractivity contribution in [1.82, 2.24) is 19.4 Å². The summed E-state index contributed by atoms with van der Waals surface area (Å²) in [4.78, 5) is 14.7. The third-order valence-corrected chi connectivity index (χ3v) is 9.16. The highest BCUT2D eigenvalue weighted by Crippen LogP contribution is 2.25. The second kappa shape index (κ2) is 11.0. The Balaban J connectivity index is 1.29. The van der Waals surface area contributed by atoms with Crippen LogP contribution in [-0.2, 0) is 29.2 Å². The summed E-state index contributed by atoms with van der Waals surface area (Å²) in [6.45, 7) is 8.32. The van der Waals surface area contributed by atoms with E-state index in [1.165, 1.54) is 17.8 Å². The average Bonchev–Trinajstić information content (AvgIpc) is 3.50. The second-order valence-corrected chi connectivity index (χ2v) is 12.4. The largest absolute Gasteiger partial charge is 0.346 e. The minimum absolute atomic E-state index is 0.185. The molecule has 1 fully saturated rings. The fourth-order valence-corrected chi connectivity index (χ4v) is 6.11. The van der Waals surface area contributed by atoms with Gasteiger partial charge in [-0.15, -0.1) is 11.3 Å². The molecule has 0 saturated carbocycles. The molecule has 10 heteroatoms. The number of imidazole rings is 1. The molecule has 34 heavy (non-hydrogen) atoms. The summed E-state index contributed by atoms with van der Waals surface area (Å²) in [5, 5.41) is 0.974. The normalized spacial score (nSPS) is 16.1. The van der Waals surface area contributed by atoms with Crippen LogP contribution in [0.15, 0.2) is 43.0 Å². The van der Waals surface area contributed by atoms with Crippen molar-refractivity contribution in [2.75, 3.05) is 42.6 Å². The SMILES string of the molecule is CCS(=O)(=O)CCc1cnc(N2CCN(Cc3cncn3[C@H](C)Cc3ccc(F)cc3)CC2)s1. The molecule has 0 spiro atoms. The Labute approximate surface area is 205 Å². The van der Waals surface area contributed by atoms with E-state index in [4.69, 9.17) is 0 Å². The third kappa shape index (κ3) is 6.43. The van der Waals surface area contributed by atoms with E-state index in [0.29, 0.717) is 6.42 Å². The topological polar surface area (TPSA) is 71.3 Å². The number of hydrogen-bond acceptors (Lipinski definition) is 7. The van der Waals surface area contributed by atoms with Crippen LogP contribution in [0.5, 0.6) is 0 Å². The van der Waals surface area contributed by atoms with Gasteiger partial charge in [-0.1, -0.05) is 19.1 Å². The Hall–Kier alpha value is -2.30. The van der Waals surface area contributed by atoms with E-state index in [-0.39, 0.29) is 23.4 Å². The molecule has 184 valence electrons. The number of hydrogen-bond donors (Lipinski definition) is 0. The summed E-state index contributed by atoms with van der Waals surface area (Å²) in [5.41, 5.74) is 2.29. The molecule has 1 aromatic carbocycles. The average molecular weight is 506 g/mol. The lowest BCUT2D eigenvalue weighted by atomic mass is 10.1. The van der Waals surface area contributed by atoms with Gasteiger partial charge in [-0.2, -0.15) is 0 Å². The second-order valence-electron chi connectivity index (χ2n) is 8.83. The molecule has 2 aromatic heterocycles. The first-order valence-corrected chi connectivity index (χ1v) is 14.3. The zero-order valence-electron chi connectivity index (χ0n) is 19.7. The summed E-state index contributed by atoms with van der Waals surface area (Å²) in [5.74, 6) is 0.161. The lowest BCUT2D eigenvalue weighted by Crippen LogP contribution is -2.46. The molecule has 4 rings (SSSR count). The van der Waals surface area contributed by atoms with Crippen molar-refractivity contribution < 1.29 is 12.8 Å². The first-order chi connectivity index (χ1) is 16.3. The maximum atomic E-state index is 13.2. The Morgan fingerprint density at radius 2 is 1.85 bits per heavy atom. The fraction of sp³-hybridized carbons (Fsp3) is 0.500. The highest BCUT2D eigenvalue weighted by Gasteiger charge is 2.21. The molecule has 0 N–H and O–H groups in total. The number of thiazole rings is 1. The van der Waals surface area contributed by atoms with E-state index in [0.717, 1.165) is 54.7 Å². The first-order valence-electron chi connectivity index (χ1n) is 11.7. The van der Waals surface area contributed by atoms with Gasteiger partial charge in [-0.05, 0) is 37.5 Å². The highest BCUT2D eigenvalue weighted by atomic mass is 32.2. The van der Waals surface area contributed by atoms with Crippen LogP contribution in [-0.4, -0.2) is 65.5 Å². The van der Waals surface area contributed by atoms with Gasteiger partial charge in [0.1, 0.15) is 15.7 Å². The van der Waals surface area contributed by atoms with Gasteiger partial charge in [-0.3, -0.25) is 4.90 Å². The van der Waals surface area contributed by atoms with Crippen LogP contribution >= 0.6 is 11.3 Å². The summed E-state index contributed by atoms with van der Waals surface area (Å²) >= 11 is 1.60. The molecule has 1 aliphatic heterocycles. The summed E-state index contributed by atoms with van der Waals surface area (Å²) < 4.78 is 38.9. The number of benzene rings is 1. The Bertz CT molecular complexity index is 1170. The van der Waals surface area contributed by atoms with Crippen LogP contribution in [0.2, 0.25) is 0 Å². The van der Waals surface area contributed by atoms with E-state index in [1.54, 1.807) is 18.3 Å². The summed E-state index contributed by atoms with van der Waals surface area (Å²) in [7, 11) is -2.96. The maximum absolute atomic E-state index is 13.2. The molecule has 1 saturated heterocycles. The quantitative estimate of drug-likeness (QED) is 0.420. The molecule has 1 aliphatic rings. The predicted octanol–water partition coefficient (Wildman–Crippen LogP) is 3.58. The predicted molar refractivity (Wildman–Crippen MR) is 135 cm³/mol. The minimum atomic E-state index is -2.96. The molecule has 0 unspecified atom stereocenters. The van der Waals surface area contributed by atoms with Crippen LogP contribution < -0.4 is 4.90 Å². The standard InChI is InChI=1S/C24H32FN5O2S2/c1-3-34(31,32)13-8-23-16-27-24(33-23)29-11-9-28(10-12-29)17-22-15-26-18-30(22)19(2)14-20-4-6-21(25)7-5-20/h4-7,15-16,18-19H,3,8-14,17H2,1-2H3/t19-/m1/s1. The molecule has 0 aliphatic carbocycles. The first kappa shape index (κ1) is 24.8. The lowest BCUT2D eigenvalue weighted by molar-refractivity contribution is 0.242. The van der Waals surface area contributed by atoms with Gasteiger partial charge < -0.3 is 9.47 Å². The molecular formula is C24H32FN5O2S2. The minimum Gasteiger partial charge on any atom is -0.346 e. The van der Waals surface area contributed by atoms with Crippen LogP contribution in [0.4, 0.5) is 9.52 Å². The van der Waals surface area contributed by atoms with Crippen molar-refractivity contribution in [2.45, 2.75) is 39.3 Å². The maximum Gasteiger partial charge on any atom is 0.185 e. The van der Waals surface area contributed by atoms with Crippen LogP contribution in [0.25, 0.3) is 0 Å². The zero-order valence-corrected chi connectivity index (χ0v) is 21.4. The van der Waals surface area contributed by atoms with Crippen molar-refractivity contribution in [3.8, 4) is 0 Å². The number of aromatic nitrogens is 3. The molecule has 0 amide bonds. The van der Waals surface area contributed by atoms with Gasteiger partial charge >= 0.3 is 0 Å². The van der Waals surface area contributed by atoms with Crippen molar-refractivity contribution in [2.24, 2.45) is 0 Å². The van der Waals surface area contributed by atoms with Gasteiger partial charge in [0.25, 0.3) is 0 Å². The van der Waals surface area contributed by atoms with E-state index < -0.39 is 9.84 Å². The van der Waals surface area contributed by atoms with Gasteiger partial charge in [0.2, 0.25) is 0 Å². The Morgan fingerprint density at radius 3 is 2.56 bits per heavy atom. The van der Waals surface area contributed by atoms with Crippen LogP contribution in [0, 0.1) is 5.82 Å². The molecule has 1 atom stereocenters. The fourth-order valence-electron chi connectivity index (χ4n) is 4.20. The number of sulfone groups is 1. The summed E-state index contributed by atoms with van der Waals surface area (Å²) in [6, 6.07) is 6.93. The van der Waals surface area contributed by atoms with Crippen LogP contribution in [0.3, 0.4) is 0 Å². The van der Waals surface area contributed by atoms with Crippen molar-refractivity contribution >= 4 is 26.3 Å². The molecule has 0 bridgehead atoms. The van der Waals surface area contributed by atoms with E-state index in [2.05, 4.69) is 31.3 Å². The Morgan fingerprint density at radius 1 is 1.12 bits per heavy atom. The number of rotatable bonds is 10. The lowest BCUT2D eigenvalue weighted by Gasteiger charge is -2.34. The number of nitrogens with zero attached hydrogens (tertiary/aromatic N) is 5. The number of halogens is 1. The van der Waals surface area contributed by atoms with E-state index >= 15 is 0 Å². The van der Waals surface area contributed by atoms with Crippen molar-refractivity contribution in [3.05, 3.63) is 64.9 Å². The molecule has 0 radical (unpaired) electrons. The molecule has 3 heterocycles. The van der Waals surface area contributed by atoms with E-state index in [9.17, 15) is 12.8 Å². The van der Waals surface area contributed by atoms with E-state index in [1.807, 2.05) is 30.9 Å². The highest BCUT2D eigenvalue weighted by molar-refractivity contribution is 7.91.